The molecule has 1 aliphatic carbocycles. The Morgan fingerprint density at radius 1 is 0.962 bits per heavy atom. The van der Waals surface area contributed by atoms with E-state index < -0.39 is 11.6 Å². The minimum absolute atomic E-state index is 0.0664. The standard InChI is InChI=1S/C21H30F2O3/c1-3-14-4-7-16(8-5-14)17-9-6-15(12-25-17)13-26-19-11-10-18(24-2)20(22)21(19)23/h10-11,14-17H,3-9,12-13H2,1-2H3. The lowest BCUT2D eigenvalue weighted by molar-refractivity contribution is -0.0654. The first-order valence-electron chi connectivity index (χ1n) is 9.88. The van der Waals surface area contributed by atoms with Crippen molar-refractivity contribution < 1.29 is 23.0 Å². The number of hydrogen-bond donors (Lipinski definition) is 0. The molecule has 1 saturated carbocycles. The summed E-state index contributed by atoms with van der Waals surface area (Å²) in [7, 11) is 1.31. The lowest BCUT2D eigenvalue weighted by Gasteiger charge is -2.37. The third-order valence-corrected chi connectivity index (χ3v) is 6.11. The van der Waals surface area contributed by atoms with Crippen LogP contribution < -0.4 is 9.47 Å². The van der Waals surface area contributed by atoms with Crippen LogP contribution in [0.4, 0.5) is 8.78 Å². The number of benzene rings is 1. The van der Waals surface area contributed by atoms with Crippen molar-refractivity contribution in [3.63, 3.8) is 0 Å². The summed E-state index contributed by atoms with van der Waals surface area (Å²) in [6, 6.07) is 2.80. The average molecular weight is 368 g/mol. The molecular formula is C21H30F2O3. The van der Waals surface area contributed by atoms with Crippen LogP contribution in [0.25, 0.3) is 0 Å². The molecule has 0 aromatic heterocycles. The van der Waals surface area contributed by atoms with Crippen molar-refractivity contribution in [1.82, 2.24) is 0 Å². The van der Waals surface area contributed by atoms with E-state index in [1.165, 1.54) is 51.3 Å². The first-order chi connectivity index (χ1) is 12.6. The van der Waals surface area contributed by atoms with E-state index in [4.69, 9.17) is 14.2 Å². The van der Waals surface area contributed by atoms with Gasteiger partial charge in [0, 0.05) is 5.92 Å². The molecule has 3 rings (SSSR count). The summed E-state index contributed by atoms with van der Waals surface area (Å²) in [4.78, 5) is 0. The summed E-state index contributed by atoms with van der Waals surface area (Å²) < 4.78 is 44.1. The van der Waals surface area contributed by atoms with E-state index in [1.54, 1.807) is 0 Å². The number of ether oxygens (including phenoxy) is 3. The van der Waals surface area contributed by atoms with Gasteiger partial charge in [0.15, 0.2) is 11.5 Å². The van der Waals surface area contributed by atoms with Crippen molar-refractivity contribution in [3.05, 3.63) is 23.8 Å². The zero-order valence-electron chi connectivity index (χ0n) is 15.8. The molecule has 0 radical (unpaired) electrons. The molecule has 5 heteroatoms. The van der Waals surface area contributed by atoms with E-state index in [2.05, 4.69) is 6.92 Å². The molecule has 2 fully saturated rings. The van der Waals surface area contributed by atoms with E-state index in [0.717, 1.165) is 18.8 Å². The molecule has 2 aliphatic rings. The molecule has 1 heterocycles. The molecule has 1 aromatic rings. The topological polar surface area (TPSA) is 27.7 Å². The first kappa shape index (κ1) is 19.4. The summed E-state index contributed by atoms with van der Waals surface area (Å²) in [5.41, 5.74) is 0. The van der Waals surface area contributed by atoms with Crippen LogP contribution in [0.15, 0.2) is 12.1 Å². The maximum atomic E-state index is 14.0. The largest absolute Gasteiger partial charge is 0.494 e. The quantitative estimate of drug-likeness (QED) is 0.676. The van der Waals surface area contributed by atoms with Gasteiger partial charge in [-0.25, -0.2) is 0 Å². The molecule has 2 unspecified atom stereocenters. The normalized spacial score (nSPS) is 29.4. The molecule has 1 aromatic carbocycles. The highest BCUT2D eigenvalue weighted by molar-refractivity contribution is 5.34. The molecule has 1 saturated heterocycles. The van der Waals surface area contributed by atoms with Crippen LogP contribution in [-0.4, -0.2) is 26.4 Å². The summed E-state index contributed by atoms with van der Waals surface area (Å²) in [6.07, 6.45) is 8.92. The van der Waals surface area contributed by atoms with Crippen molar-refractivity contribution in [2.75, 3.05) is 20.3 Å². The second kappa shape index (κ2) is 9.03. The smallest absolute Gasteiger partial charge is 0.204 e. The molecule has 1 aliphatic heterocycles. The lowest BCUT2D eigenvalue weighted by atomic mass is 9.76. The van der Waals surface area contributed by atoms with Crippen molar-refractivity contribution in [2.24, 2.45) is 17.8 Å². The molecule has 0 bridgehead atoms. The van der Waals surface area contributed by atoms with Gasteiger partial charge in [0.05, 0.1) is 26.4 Å². The molecule has 146 valence electrons. The minimum Gasteiger partial charge on any atom is -0.494 e. The van der Waals surface area contributed by atoms with Gasteiger partial charge in [0.25, 0.3) is 0 Å². The van der Waals surface area contributed by atoms with E-state index in [1.807, 2.05) is 0 Å². The van der Waals surface area contributed by atoms with Gasteiger partial charge < -0.3 is 14.2 Å². The second-order valence-electron chi connectivity index (χ2n) is 7.71. The number of hydrogen-bond acceptors (Lipinski definition) is 3. The molecule has 26 heavy (non-hydrogen) atoms. The fourth-order valence-electron chi connectivity index (χ4n) is 4.29. The van der Waals surface area contributed by atoms with Crippen LogP contribution in [0, 0.1) is 29.4 Å². The van der Waals surface area contributed by atoms with Crippen LogP contribution in [0.2, 0.25) is 0 Å². The van der Waals surface area contributed by atoms with Crippen molar-refractivity contribution in [3.8, 4) is 11.5 Å². The summed E-state index contributed by atoms with van der Waals surface area (Å²) >= 11 is 0. The van der Waals surface area contributed by atoms with Crippen LogP contribution in [-0.2, 0) is 4.74 Å². The highest BCUT2D eigenvalue weighted by atomic mass is 19.2. The Bertz CT molecular complexity index is 577. The fraction of sp³-hybridized carbons (Fsp3) is 0.714. The lowest BCUT2D eigenvalue weighted by Crippen LogP contribution is -2.35. The van der Waals surface area contributed by atoms with Crippen molar-refractivity contribution >= 4 is 0 Å². The average Bonchev–Trinajstić information content (AvgIpc) is 2.70. The SMILES string of the molecule is CCC1CCC(C2CCC(COc3ccc(OC)c(F)c3F)CO2)CC1. The van der Waals surface area contributed by atoms with Gasteiger partial charge in [-0.05, 0) is 49.7 Å². The van der Waals surface area contributed by atoms with Crippen LogP contribution >= 0.6 is 0 Å². The fourth-order valence-corrected chi connectivity index (χ4v) is 4.29. The summed E-state index contributed by atoms with van der Waals surface area (Å²) in [5.74, 6) is -0.370. The Kier molecular flexibility index (Phi) is 6.74. The van der Waals surface area contributed by atoms with Gasteiger partial charge >= 0.3 is 0 Å². The Morgan fingerprint density at radius 3 is 2.23 bits per heavy atom. The zero-order chi connectivity index (χ0) is 18.5. The molecule has 0 amide bonds. The molecule has 3 nitrogen and oxygen atoms in total. The minimum atomic E-state index is -1.01. The van der Waals surface area contributed by atoms with E-state index in [0.29, 0.717) is 25.2 Å². The highest BCUT2D eigenvalue weighted by Crippen LogP contribution is 2.37. The third kappa shape index (κ3) is 4.48. The van der Waals surface area contributed by atoms with Crippen LogP contribution in [0.5, 0.6) is 11.5 Å². The number of halogens is 2. The Morgan fingerprint density at radius 2 is 1.62 bits per heavy atom. The molecule has 0 spiro atoms. The van der Waals surface area contributed by atoms with Crippen molar-refractivity contribution in [1.29, 1.82) is 0 Å². The van der Waals surface area contributed by atoms with Gasteiger partial charge in [-0.15, -0.1) is 0 Å². The Balaban J connectivity index is 1.44. The van der Waals surface area contributed by atoms with Gasteiger partial charge in [0.2, 0.25) is 11.6 Å². The predicted octanol–water partition coefficient (Wildman–Crippen LogP) is 5.36. The maximum absolute atomic E-state index is 14.0. The molecule has 2 atom stereocenters. The van der Waals surface area contributed by atoms with Gasteiger partial charge in [0.1, 0.15) is 0 Å². The zero-order valence-corrected chi connectivity index (χ0v) is 15.8. The molecule has 0 N–H and O–H groups in total. The van der Waals surface area contributed by atoms with Gasteiger partial charge in [-0.2, -0.15) is 8.78 Å². The van der Waals surface area contributed by atoms with Crippen LogP contribution in [0.1, 0.15) is 51.9 Å². The van der Waals surface area contributed by atoms with Crippen molar-refractivity contribution in [2.45, 2.75) is 58.0 Å². The number of rotatable bonds is 6. The highest BCUT2D eigenvalue weighted by Gasteiger charge is 2.31. The molecular weight excluding hydrogens is 338 g/mol. The van der Waals surface area contributed by atoms with E-state index >= 15 is 0 Å². The third-order valence-electron chi connectivity index (χ3n) is 6.11. The van der Waals surface area contributed by atoms with Gasteiger partial charge in [-0.3, -0.25) is 0 Å². The van der Waals surface area contributed by atoms with Gasteiger partial charge in [-0.1, -0.05) is 26.2 Å². The summed E-state index contributed by atoms with van der Waals surface area (Å²) in [5, 5.41) is 0. The van der Waals surface area contributed by atoms with E-state index in [9.17, 15) is 8.78 Å². The first-order valence-corrected chi connectivity index (χ1v) is 9.88. The number of methoxy groups -OCH3 is 1. The monoisotopic (exact) mass is 368 g/mol. The van der Waals surface area contributed by atoms with E-state index in [-0.39, 0.29) is 17.4 Å². The summed E-state index contributed by atoms with van der Waals surface area (Å²) in [6.45, 7) is 3.26. The maximum Gasteiger partial charge on any atom is 0.204 e. The van der Waals surface area contributed by atoms with Crippen LogP contribution in [0.3, 0.4) is 0 Å². The second-order valence-corrected chi connectivity index (χ2v) is 7.71. The Hall–Kier alpha value is -1.36. The Labute approximate surface area is 155 Å². The predicted molar refractivity (Wildman–Crippen MR) is 96.6 cm³/mol.